The van der Waals surface area contributed by atoms with E-state index < -0.39 is 0 Å². The van der Waals surface area contributed by atoms with Crippen LogP contribution in [0.4, 0.5) is 0 Å². The molecule has 1 fully saturated rings. The van der Waals surface area contributed by atoms with E-state index in [0.717, 1.165) is 19.3 Å². The summed E-state index contributed by atoms with van der Waals surface area (Å²) in [7, 11) is 0. The second-order valence-corrected chi connectivity index (χ2v) is 6.16. The molecule has 118 valence electrons. The van der Waals surface area contributed by atoms with Crippen LogP contribution in [0.15, 0.2) is 46.2 Å². The molecule has 23 heavy (non-hydrogen) atoms. The van der Waals surface area contributed by atoms with Gasteiger partial charge in [-0.15, -0.1) is 0 Å². The predicted octanol–water partition coefficient (Wildman–Crippen LogP) is 1.54. The first kappa shape index (κ1) is 14.0. The van der Waals surface area contributed by atoms with Gasteiger partial charge >= 0.3 is 5.69 Å². The van der Waals surface area contributed by atoms with E-state index in [0.29, 0.717) is 30.2 Å². The molecule has 2 aromatic heterocycles. The zero-order valence-electron chi connectivity index (χ0n) is 12.7. The monoisotopic (exact) mass is 310 g/mol. The molecule has 6 heteroatoms. The Kier molecular flexibility index (Phi) is 3.37. The van der Waals surface area contributed by atoms with Gasteiger partial charge in [-0.05, 0) is 30.7 Å². The molecule has 4 rings (SSSR count). The van der Waals surface area contributed by atoms with Gasteiger partial charge in [-0.1, -0.05) is 30.3 Å². The first-order valence-electron chi connectivity index (χ1n) is 7.94. The molecule has 1 aromatic carbocycles. The SMILES string of the molecule is O=c1[nH]c(=O)n(CC2CC2)c2ncn(CCc3ccccc3)c12. The molecule has 0 aliphatic heterocycles. The van der Waals surface area contributed by atoms with Gasteiger partial charge in [0, 0.05) is 13.1 Å². The minimum Gasteiger partial charge on any atom is -0.324 e. The van der Waals surface area contributed by atoms with Gasteiger partial charge in [0.25, 0.3) is 5.56 Å². The molecule has 0 amide bonds. The number of hydrogen-bond donors (Lipinski definition) is 1. The third kappa shape index (κ3) is 2.72. The number of aromatic nitrogens is 4. The molecule has 0 unspecified atom stereocenters. The minimum atomic E-state index is -0.359. The van der Waals surface area contributed by atoms with Crippen LogP contribution in [-0.4, -0.2) is 19.1 Å². The van der Waals surface area contributed by atoms with Gasteiger partial charge in [0.1, 0.15) is 0 Å². The van der Waals surface area contributed by atoms with E-state index in [1.54, 1.807) is 10.9 Å². The van der Waals surface area contributed by atoms with Gasteiger partial charge in [-0.2, -0.15) is 0 Å². The van der Waals surface area contributed by atoms with Crippen molar-refractivity contribution in [1.82, 2.24) is 19.1 Å². The van der Waals surface area contributed by atoms with E-state index in [2.05, 4.69) is 22.1 Å². The molecule has 1 N–H and O–H groups in total. The van der Waals surface area contributed by atoms with E-state index >= 15 is 0 Å². The third-order valence-corrected chi connectivity index (χ3v) is 4.38. The number of nitrogens with one attached hydrogen (secondary N) is 1. The van der Waals surface area contributed by atoms with E-state index in [4.69, 9.17) is 0 Å². The standard InChI is InChI=1S/C17H18N4O2/c22-16-14-15(21(17(23)19-16)10-13-6-7-13)18-11-20(14)9-8-12-4-2-1-3-5-12/h1-5,11,13H,6-10H2,(H,19,22,23). The zero-order chi connectivity index (χ0) is 15.8. The van der Waals surface area contributed by atoms with Gasteiger partial charge in [0.15, 0.2) is 11.2 Å². The summed E-state index contributed by atoms with van der Waals surface area (Å²) in [6.07, 6.45) is 4.75. The quantitative estimate of drug-likeness (QED) is 0.777. The molecule has 0 atom stereocenters. The maximum Gasteiger partial charge on any atom is 0.330 e. The summed E-state index contributed by atoms with van der Waals surface area (Å²) < 4.78 is 3.44. The number of H-pyrrole nitrogens is 1. The summed E-state index contributed by atoms with van der Waals surface area (Å²) in [5.41, 5.74) is 1.47. The number of rotatable bonds is 5. The Bertz CT molecular complexity index is 948. The minimum absolute atomic E-state index is 0.359. The molecule has 1 aliphatic carbocycles. The topological polar surface area (TPSA) is 72.7 Å². The van der Waals surface area contributed by atoms with Crippen LogP contribution < -0.4 is 11.2 Å². The molecule has 2 heterocycles. The predicted molar refractivity (Wildman–Crippen MR) is 87.5 cm³/mol. The Morgan fingerprint density at radius 1 is 1.17 bits per heavy atom. The van der Waals surface area contributed by atoms with Crippen LogP contribution in [-0.2, 0) is 19.5 Å². The van der Waals surface area contributed by atoms with Gasteiger partial charge < -0.3 is 4.57 Å². The summed E-state index contributed by atoms with van der Waals surface area (Å²) in [5.74, 6) is 0.538. The van der Waals surface area contributed by atoms with Gasteiger partial charge in [0.2, 0.25) is 0 Å². The zero-order valence-corrected chi connectivity index (χ0v) is 12.7. The van der Waals surface area contributed by atoms with Crippen LogP contribution in [0, 0.1) is 5.92 Å². The molecule has 0 radical (unpaired) electrons. The van der Waals surface area contributed by atoms with Crippen molar-refractivity contribution in [2.24, 2.45) is 5.92 Å². The highest BCUT2D eigenvalue weighted by Gasteiger charge is 2.24. The number of aromatic amines is 1. The normalized spacial score (nSPS) is 14.4. The van der Waals surface area contributed by atoms with Crippen molar-refractivity contribution in [3.05, 3.63) is 63.1 Å². The summed E-state index contributed by atoms with van der Waals surface area (Å²) in [4.78, 5) is 31.1. The molecule has 0 spiro atoms. The summed E-state index contributed by atoms with van der Waals surface area (Å²) in [6, 6.07) is 10.1. The molecular weight excluding hydrogens is 292 g/mol. The first-order chi connectivity index (χ1) is 11.2. The summed E-state index contributed by atoms with van der Waals surface area (Å²) in [5, 5.41) is 0. The van der Waals surface area contributed by atoms with E-state index in [1.807, 2.05) is 22.8 Å². The number of hydrogen-bond acceptors (Lipinski definition) is 3. The molecule has 1 saturated carbocycles. The molecule has 3 aromatic rings. The maximum atomic E-state index is 12.2. The van der Waals surface area contributed by atoms with Crippen molar-refractivity contribution < 1.29 is 0 Å². The van der Waals surface area contributed by atoms with E-state index in [1.165, 1.54) is 5.56 Å². The van der Waals surface area contributed by atoms with E-state index in [-0.39, 0.29) is 11.2 Å². The lowest BCUT2D eigenvalue weighted by Gasteiger charge is -2.07. The third-order valence-electron chi connectivity index (χ3n) is 4.38. The van der Waals surface area contributed by atoms with Crippen LogP contribution in [0.1, 0.15) is 18.4 Å². The second-order valence-electron chi connectivity index (χ2n) is 6.16. The van der Waals surface area contributed by atoms with Gasteiger partial charge in [-0.3, -0.25) is 14.3 Å². The van der Waals surface area contributed by atoms with Gasteiger partial charge in [-0.25, -0.2) is 9.78 Å². The fraction of sp³-hybridized carbons (Fsp3) is 0.353. The summed E-state index contributed by atoms with van der Waals surface area (Å²) in [6.45, 7) is 1.30. The summed E-state index contributed by atoms with van der Waals surface area (Å²) >= 11 is 0. The van der Waals surface area contributed by atoms with Crippen LogP contribution in [0.2, 0.25) is 0 Å². The Balaban J connectivity index is 1.70. The van der Waals surface area contributed by atoms with Gasteiger partial charge in [0.05, 0.1) is 6.33 Å². The highest BCUT2D eigenvalue weighted by Crippen LogP contribution is 2.30. The number of aryl methyl sites for hydroxylation is 2. The molecule has 0 bridgehead atoms. The van der Waals surface area contributed by atoms with Crippen molar-refractivity contribution in [2.75, 3.05) is 0 Å². The average Bonchev–Trinajstić information content (AvgIpc) is 3.27. The number of nitrogens with zero attached hydrogens (tertiary/aromatic N) is 3. The van der Waals surface area contributed by atoms with Crippen molar-refractivity contribution in [3.8, 4) is 0 Å². The molecular formula is C17H18N4O2. The largest absolute Gasteiger partial charge is 0.330 e. The highest BCUT2D eigenvalue weighted by molar-refractivity contribution is 5.69. The van der Waals surface area contributed by atoms with Crippen molar-refractivity contribution in [1.29, 1.82) is 0 Å². The van der Waals surface area contributed by atoms with Crippen LogP contribution >= 0.6 is 0 Å². The van der Waals surface area contributed by atoms with Crippen LogP contribution in [0.3, 0.4) is 0 Å². The second kappa shape index (κ2) is 5.53. The van der Waals surface area contributed by atoms with E-state index in [9.17, 15) is 9.59 Å². The Hall–Kier alpha value is -2.63. The fourth-order valence-electron chi connectivity index (χ4n) is 2.91. The fourth-order valence-corrected chi connectivity index (χ4v) is 2.91. The molecule has 0 saturated heterocycles. The highest BCUT2D eigenvalue weighted by atomic mass is 16.2. The lowest BCUT2D eigenvalue weighted by Crippen LogP contribution is -2.31. The Morgan fingerprint density at radius 3 is 2.70 bits per heavy atom. The lowest BCUT2D eigenvalue weighted by molar-refractivity contribution is 0.606. The lowest BCUT2D eigenvalue weighted by atomic mass is 10.1. The average molecular weight is 310 g/mol. The Morgan fingerprint density at radius 2 is 1.96 bits per heavy atom. The molecule has 1 aliphatic rings. The van der Waals surface area contributed by atoms with Crippen molar-refractivity contribution in [3.63, 3.8) is 0 Å². The first-order valence-corrected chi connectivity index (χ1v) is 7.94. The van der Waals surface area contributed by atoms with Crippen LogP contribution in [0.25, 0.3) is 11.2 Å². The van der Waals surface area contributed by atoms with Crippen LogP contribution in [0.5, 0.6) is 0 Å². The van der Waals surface area contributed by atoms with Crippen molar-refractivity contribution >= 4 is 11.2 Å². The maximum absolute atomic E-state index is 12.2. The molecule has 6 nitrogen and oxygen atoms in total. The number of imidazole rings is 1. The number of benzene rings is 1. The Labute approximate surface area is 132 Å². The smallest absolute Gasteiger partial charge is 0.324 e. The van der Waals surface area contributed by atoms with Crippen molar-refractivity contribution in [2.45, 2.75) is 32.4 Å². The number of fused-ring (bicyclic) bond motifs is 1.